The number of nitrogens with zero attached hydrogens (tertiary/aromatic N) is 4. The van der Waals surface area contributed by atoms with Gasteiger partial charge in [-0.15, -0.1) is 0 Å². The summed E-state index contributed by atoms with van der Waals surface area (Å²) < 4.78 is 6.76. The van der Waals surface area contributed by atoms with Crippen LogP contribution in [-0.2, 0) is 18.3 Å². The van der Waals surface area contributed by atoms with Crippen molar-refractivity contribution in [3.63, 3.8) is 0 Å². The van der Waals surface area contributed by atoms with E-state index < -0.39 is 6.04 Å². The summed E-state index contributed by atoms with van der Waals surface area (Å²) in [6.07, 6.45) is 2.02. The van der Waals surface area contributed by atoms with E-state index >= 15 is 0 Å². The predicted octanol–water partition coefficient (Wildman–Crippen LogP) is 2.70. The van der Waals surface area contributed by atoms with Crippen molar-refractivity contribution in [1.29, 1.82) is 0 Å². The lowest BCUT2D eigenvalue weighted by molar-refractivity contribution is -0.120. The third-order valence-corrected chi connectivity index (χ3v) is 5.06. The molecule has 2 aromatic heterocycles. The minimum Gasteiger partial charge on any atom is -0.481 e. The molecule has 3 amide bonds. The largest absolute Gasteiger partial charge is 0.481 e. The van der Waals surface area contributed by atoms with Gasteiger partial charge in [-0.25, -0.2) is 9.78 Å². The van der Waals surface area contributed by atoms with E-state index in [0.29, 0.717) is 30.4 Å². The third kappa shape index (κ3) is 5.42. The van der Waals surface area contributed by atoms with Crippen LogP contribution in [-0.4, -0.2) is 58.3 Å². The minimum atomic E-state index is -0.705. The Morgan fingerprint density at radius 1 is 1.19 bits per heavy atom. The Labute approximate surface area is 187 Å². The maximum atomic E-state index is 13.3. The number of pyridine rings is 1. The molecule has 0 saturated heterocycles. The molecule has 9 nitrogen and oxygen atoms in total. The average Bonchev–Trinajstić information content (AvgIpc) is 3.18. The van der Waals surface area contributed by atoms with Crippen LogP contribution in [0, 0.1) is 0 Å². The number of urea groups is 1. The number of rotatable bonds is 8. The molecule has 168 valence electrons. The summed E-state index contributed by atoms with van der Waals surface area (Å²) in [4.78, 5) is 31.2. The van der Waals surface area contributed by atoms with Gasteiger partial charge in [0.05, 0.1) is 12.8 Å². The predicted molar refractivity (Wildman–Crippen MR) is 122 cm³/mol. The van der Waals surface area contributed by atoms with Gasteiger partial charge < -0.3 is 20.3 Å². The Bertz CT molecular complexity index is 1070. The van der Waals surface area contributed by atoms with Crippen molar-refractivity contribution in [1.82, 2.24) is 25.0 Å². The second kappa shape index (κ2) is 10.4. The van der Waals surface area contributed by atoms with Crippen molar-refractivity contribution in [2.24, 2.45) is 7.05 Å². The first-order chi connectivity index (χ1) is 15.4. The van der Waals surface area contributed by atoms with E-state index in [2.05, 4.69) is 20.7 Å². The first kappa shape index (κ1) is 22.8. The Hall–Kier alpha value is -3.88. The molecule has 0 fully saturated rings. The zero-order valence-electron chi connectivity index (χ0n) is 18.7. The first-order valence-corrected chi connectivity index (χ1v) is 10.3. The molecule has 1 aromatic carbocycles. The third-order valence-electron chi connectivity index (χ3n) is 5.06. The van der Waals surface area contributed by atoms with Crippen LogP contribution < -0.4 is 15.4 Å². The number of aromatic nitrogens is 3. The standard InChI is InChI=1S/C23H28N6O3/c1-5-24-23(31)28(2)19(13-16-9-7-6-8-10-16)22(30)26-20-15-18(27-29(20)3)17-11-12-25-21(14-17)32-4/h6-12,14-15,19H,5,13H2,1-4H3,(H,24,31)(H,26,30)/t19-/m0/s1. The van der Waals surface area contributed by atoms with Gasteiger partial charge >= 0.3 is 6.03 Å². The van der Waals surface area contributed by atoms with Crippen LogP contribution in [0.1, 0.15) is 12.5 Å². The van der Waals surface area contributed by atoms with Crippen LogP contribution in [0.2, 0.25) is 0 Å². The molecule has 0 aliphatic heterocycles. The van der Waals surface area contributed by atoms with Gasteiger partial charge in [-0.1, -0.05) is 30.3 Å². The van der Waals surface area contributed by atoms with Gasteiger partial charge in [-0.3, -0.25) is 9.48 Å². The first-order valence-electron chi connectivity index (χ1n) is 10.3. The smallest absolute Gasteiger partial charge is 0.317 e. The summed E-state index contributed by atoms with van der Waals surface area (Å²) in [6, 6.07) is 14.0. The molecule has 2 N–H and O–H groups in total. The maximum Gasteiger partial charge on any atom is 0.317 e. The highest BCUT2D eigenvalue weighted by molar-refractivity contribution is 5.97. The van der Waals surface area contributed by atoms with Gasteiger partial charge in [-0.05, 0) is 18.6 Å². The summed E-state index contributed by atoms with van der Waals surface area (Å²) >= 11 is 0. The highest BCUT2D eigenvalue weighted by Gasteiger charge is 2.28. The van der Waals surface area contributed by atoms with E-state index in [1.165, 1.54) is 4.90 Å². The Morgan fingerprint density at radius 2 is 1.94 bits per heavy atom. The zero-order valence-corrected chi connectivity index (χ0v) is 18.7. The van der Waals surface area contributed by atoms with E-state index in [4.69, 9.17) is 4.74 Å². The van der Waals surface area contributed by atoms with Crippen LogP contribution in [0.15, 0.2) is 54.7 Å². The van der Waals surface area contributed by atoms with Crippen molar-refractivity contribution in [3.05, 3.63) is 60.3 Å². The van der Waals surface area contributed by atoms with E-state index in [1.807, 2.05) is 43.3 Å². The second-order valence-electron chi connectivity index (χ2n) is 7.27. The number of carbonyl (C=O) groups is 2. The lowest BCUT2D eigenvalue weighted by atomic mass is 10.0. The molecule has 1 atom stereocenters. The number of hydrogen-bond acceptors (Lipinski definition) is 5. The van der Waals surface area contributed by atoms with Gasteiger partial charge in [-0.2, -0.15) is 5.10 Å². The molecule has 2 heterocycles. The van der Waals surface area contributed by atoms with Crippen molar-refractivity contribution in [2.45, 2.75) is 19.4 Å². The number of benzene rings is 1. The number of hydrogen-bond donors (Lipinski definition) is 2. The van der Waals surface area contributed by atoms with Crippen molar-refractivity contribution in [2.75, 3.05) is 26.0 Å². The van der Waals surface area contributed by atoms with Crippen LogP contribution in [0.25, 0.3) is 11.3 Å². The van der Waals surface area contributed by atoms with Gasteiger partial charge in [0.2, 0.25) is 11.8 Å². The van der Waals surface area contributed by atoms with Gasteiger partial charge in [0.15, 0.2) is 0 Å². The lowest BCUT2D eigenvalue weighted by Gasteiger charge is -2.27. The maximum absolute atomic E-state index is 13.3. The lowest BCUT2D eigenvalue weighted by Crippen LogP contribution is -2.50. The van der Waals surface area contributed by atoms with E-state index in [9.17, 15) is 9.59 Å². The normalized spacial score (nSPS) is 11.5. The van der Waals surface area contributed by atoms with Crippen LogP contribution in [0.5, 0.6) is 5.88 Å². The number of carbonyl (C=O) groups excluding carboxylic acids is 2. The monoisotopic (exact) mass is 436 g/mol. The molecule has 0 aliphatic rings. The van der Waals surface area contributed by atoms with Crippen molar-refractivity contribution >= 4 is 17.8 Å². The Balaban J connectivity index is 1.83. The van der Waals surface area contributed by atoms with Crippen molar-refractivity contribution < 1.29 is 14.3 Å². The summed E-state index contributed by atoms with van der Waals surface area (Å²) in [6.45, 7) is 2.31. The van der Waals surface area contributed by atoms with E-state index in [1.54, 1.807) is 44.2 Å². The Morgan fingerprint density at radius 3 is 2.62 bits per heavy atom. The molecule has 9 heteroatoms. The number of ether oxygens (including phenoxy) is 1. The quantitative estimate of drug-likeness (QED) is 0.565. The Kier molecular flexibility index (Phi) is 7.43. The number of amides is 3. The van der Waals surface area contributed by atoms with Crippen LogP contribution >= 0.6 is 0 Å². The molecular formula is C23H28N6O3. The zero-order chi connectivity index (χ0) is 23.1. The van der Waals surface area contributed by atoms with Crippen molar-refractivity contribution in [3.8, 4) is 17.1 Å². The minimum absolute atomic E-state index is 0.301. The number of nitrogens with one attached hydrogen (secondary N) is 2. The number of likely N-dealkylation sites (N-methyl/N-ethyl adjacent to an activating group) is 1. The summed E-state index contributed by atoms with van der Waals surface area (Å²) in [7, 11) is 4.92. The molecule has 0 radical (unpaired) electrons. The van der Waals surface area contributed by atoms with Crippen LogP contribution in [0.3, 0.4) is 0 Å². The van der Waals surface area contributed by atoms with Gasteiger partial charge in [0.1, 0.15) is 11.9 Å². The number of methoxy groups -OCH3 is 1. The van der Waals surface area contributed by atoms with E-state index in [0.717, 1.165) is 11.1 Å². The molecule has 3 aromatic rings. The summed E-state index contributed by atoms with van der Waals surface area (Å²) in [5.74, 6) is 0.692. The number of anilines is 1. The fourth-order valence-corrected chi connectivity index (χ4v) is 3.28. The molecule has 0 unspecified atom stereocenters. The topological polar surface area (TPSA) is 101 Å². The molecule has 0 saturated carbocycles. The molecule has 32 heavy (non-hydrogen) atoms. The fraction of sp³-hybridized carbons (Fsp3) is 0.304. The molecular weight excluding hydrogens is 408 g/mol. The van der Waals surface area contributed by atoms with Gasteiger partial charge in [0.25, 0.3) is 0 Å². The van der Waals surface area contributed by atoms with Crippen LogP contribution in [0.4, 0.5) is 10.6 Å². The molecule has 0 bridgehead atoms. The molecule has 3 rings (SSSR count). The molecule has 0 spiro atoms. The van der Waals surface area contributed by atoms with Gasteiger partial charge in [0, 0.05) is 51.0 Å². The average molecular weight is 437 g/mol. The molecule has 0 aliphatic carbocycles. The SMILES string of the molecule is CCNC(=O)N(C)[C@@H](Cc1ccccc1)C(=O)Nc1cc(-c2ccnc(OC)c2)nn1C. The second-order valence-corrected chi connectivity index (χ2v) is 7.27. The summed E-state index contributed by atoms with van der Waals surface area (Å²) in [5, 5.41) is 10.2. The number of aryl methyl sites for hydroxylation is 1. The highest BCUT2D eigenvalue weighted by atomic mass is 16.5. The van der Waals surface area contributed by atoms with E-state index in [-0.39, 0.29) is 11.9 Å². The fourth-order valence-electron chi connectivity index (χ4n) is 3.28. The summed E-state index contributed by atoms with van der Waals surface area (Å²) in [5.41, 5.74) is 2.44. The highest BCUT2D eigenvalue weighted by Crippen LogP contribution is 2.24.